The van der Waals surface area contributed by atoms with Crippen LogP contribution in [0.1, 0.15) is 28.7 Å². The van der Waals surface area contributed by atoms with Gasteiger partial charge in [0.05, 0.1) is 12.8 Å². The summed E-state index contributed by atoms with van der Waals surface area (Å²) < 4.78 is 5.34. The molecule has 104 valence electrons. The molecule has 0 radical (unpaired) electrons. The van der Waals surface area contributed by atoms with Gasteiger partial charge in [-0.25, -0.2) is 5.43 Å². The molecule has 0 fully saturated rings. The third-order valence-electron chi connectivity index (χ3n) is 2.51. The zero-order valence-corrected chi connectivity index (χ0v) is 11.4. The van der Waals surface area contributed by atoms with Gasteiger partial charge in [0.15, 0.2) is 5.69 Å². The average Bonchev–Trinajstić information content (AvgIpc) is 2.88. The standard InChI is InChI=1S/C14H16N4O2/c1-3-20-12-6-4-11(5-7-12)9-15-18-14(19)13-8-10(2)16-17-13/h4-9H,3H2,1-2H3,(H,16,17)(H,18,19)/b15-9-. The van der Waals surface area contributed by atoms with Crippen molar-refractivity contribution in [1.29, 1.82) is 0 Å². The Balaban J connectivity index is 1.91. The molecule has 0 aliphatic carbocycles. The maximum Gasteiger partial charge on any atom is 0.291 e. The van der Waals surface area contributed by atoms with Gasteiger partial charge >= 0.3 is 0 Å². The van der Waals surface area contributed by atoms with Gasteiger partial charge in [0.1, 0.15) is 5.75 Å². The Hall–Kier alpha value is -2.63. The highest BCUT2D eigenvalue weighted by Crippen LogP contribution is 2.10. The number of nitrogens with zero attached hydrogens (tertiary/aromatic N) is 2. The molecule has 2 N–H and O–H groups in total. The molecular weight excluding hydrogens is 256 g/mol. The van der Waals surface area contributed by atoms with Crippen LogP contribution in [0.2, 0.25) is 0 Å². The van der Waals surface area contributed by atoms with E-state index in [1.165, 1.54) is 0 Å². The number of amides is 1. The first-order valence-corrected chi connectivity index (χ1v) is 6.27. The van der Waals surface area contributed by atoms with E-state index in [0.29, 0.717) is 12.3 Å². The Morgan fingerprint density at radius 2 is 2.20 bits per heavy atom. The zero-order chi connectivity index (χ0) is 14.4. The first-order valence-electron chi connectivity index (χ1n) is 6.27. The number of hydrogen-bond acceptors (Lipinski definition) is 4. The van der Waals surface area contributed by atoms with Crippen molar-refractivity contribution in [3.05, 3.63) is 47.3 Å². The van der Waals surface area contributed by atoms with Gasteiger partial charge in [0.2, 0.25) is 0 Å². The van der Waals surface area contributed by atoms with Crippen molar-refractivity contribution in [1.82, 2.24) is 15.6 Å². The van der Waals surface area contributed by atoms with Gasteiger partial charge < -0.3 is 4.74 Å². The molecule has 1 aromatic carbocycles. The smallest absolute Gasteiger partial charge is 0.291 e. The van der Waals surface area contributed by atoms with Crippen molar-refractivity contribution < 1.29 is 9.53 Å². The van der Waals surface area contributed by atoms with Gasteiger partial charge in [-0.15, -0.1) is 0 Å². The van der Waals surface area contributed by atoms with E-state index in [1.54, 1.807) is 12.3 Å². The fraction of sp³-hybridized carbons (Fsp3) is 0.214. The van der Waals surface area contributed by atoms with Crippen molar-refractivity contribution in [3.63, 3.8) is 0 Å². The van der Waals surface area contributed by atoms with Crippen molar-refractivity contribution >= 4 is 12.1 Å². The molecule has 0 spiro atoms. The van der Waals surface area contributed by atoms with Gasteiger partial charge in [-0.1, -0.05) is 0 Å². The molecule has 2 aromatic rings. The molecule has 0 saturated heterocycles. The van der Waals surface area contributed by atoms with Gasteiger partial charge in [-0.3, -0.25) is 9.89 Å². The molecule has 1 aromatic heterocycles. The summed E-state index contributed by atoms with van der Waals surface area (Å²) in [4.78, 5) is 11.7. The summed E-state index contributed by atoms with van der Waals surface area (Å²) in [7, 11) is 0. The lowest BCUT2D eigenvalue weighted by atomic mass is 10.2. The number of aromatic amines is 1. The van der Waals surface area contributed by atoms with Crippen LogP contribution in [0.15, 0.2) is 35.4 Å². The third kappa shape index (κ3) is 3.68. The number of nitrogens with one attached hydrogen (secondary N) is 2. The second kappa shape index (κ2) is 6.51. The van der Waals surface area contributed by atoms with Crippen LogP contribution in [0, 0.1) is 6.92 Å². The van der Waals surface area contributed by atoms with Crippen LogP contribution in [-0.2, 0) is 0 Å². The van der Waals surface area contributed by atoms with Crippen LogP contribution in [0.3, 0.4) is 0 Å². The predicted octanol–water partition coefficient (Wildman–Crippen LogP) is 1.88. The molecule has 0 aliphatic heterocycles. The molecule has 0 saturated carbocycles. The number of benzene rings is 1. The van der Waals surface area contributed by atoms with Crippen LogP contribution < -0.4 is 10.2 Å². The normalized spacial score (nSPS) is 10.7. The van der Waals surface area contributed by atoms with Gasteiger partial charge in [0, 0.05) is 5.69 Å². The lowest BCUT2D eigenvalue weighted by Crippen LogP contribution is -2.17. The lowest BCUT2D eigenvalue weighted by molar-refractivity contribution is 0.0950. The number of hydrogen-bond donors (Lipinski definition) is 2. The van der Waals surface area contributed by atoms with Crippen molar-refractivity contribution in [3.8, 4) is 5.75 Å². The van der Waals surface area contributed by atoms with E-state index in [2.05, 4.69) is 20.7 Å². The van der Waals surface area contributed by atoms with E-state index < -0.39 is 0 Å². The summed E-state index contributed by atoms with van der Waals surface area (Å²) in [6.07, 6.45) is 1.56. The molecule has 0 unspecified atom stereocenters. The highest BCUT2D eigenvalue weighted by atomic mass is 16.5. The number of aromatic nitrogens is 2. The van der Waals surface area contributed by atoms with Crippen LogP contribution in [0.4, 0.5) is 0 Å². The molecule has 1 amide bonds. The number of aryl methyl sites for hydroxylation is 1. The number of ether oxygens (including phenoxy) is 1. The summed E-state index contributed by atoms with van der Waals surface area (Å²) in [5, 5.41) is 10.4. The minimum absolute atomic E-state index is 0.311. The molecule has 0 aliphatic rings. The monoisotopic (exact) mass is 272 g/mol. The highest BCUT2D eigenvalue weighted by Gasteiger charge is 2.07. The Kier molecular flexibility index (Phi) is 4.49. The van der Waals surface area contributed by atoms with Crippen LogP contribution in [0.5, 0.6) is 5.75 Å². The van der Waals surface area contributed by atoms with E-state index in [9.17, 15) is 4.79 Å². The first kappa shape index (κ1) is 13.8. The van der Waals surface area contributed by atoms with Crippen molar-refractivity contribution in [2.45, 2.75) is 13.8 Å². The molecule has 2 rings (SSSR count). The summed E-state index contributed by atoms with van der Waals surface area (Å²) >= 11 is 0. The quantitative estimate of drug-likeness (QED) is 0.644. The topological polar surface area (TPSA) is 79.4 Å². The lowest BCUT2D eigenvalue weighted by Gasteiger charge is -2.02. The van der Waals surface area contributed by atoms with Crippen LogP contribution >= 0.6 is 0 Å². The summed E-state index contributed by atoms with van der Waals surface area (Å²) in [5.41, 5.74) is 4.42. The molecule has 0 bridgehead atoms. The number of carbonyl (C=O) groups is 1. The van der Waals surface area contributed by atoms with Crippen LogP contribution in [-0.4, -0.2) is 28.9 Å². The van der Waals surface area contributed by atoms with Gasteiger partial charge in [-0.05, 0) is 49.7 Å². The van der Waals surface area contributed by atoms with Crippen molar-refractivity contribution in [2.24, 2.45) is 5.10 Å². The summed E-state index contributed by atoms with van der Waals surface area (Å²) in [6.45, 7) is 4.39. The second-order valence-electron chi connectivity index (χ2n) is 4.14. The summed E-state index contributed by atoms with van der Waals surface area (Å²) in [5.74, 6) is 0.456. The van der Waals surface area contributed by atoms with E-state index >= 15 is 0 Å². The van der Waals surface area contributed by atoms with E-state index in [1.807, 2.05) is 38.1 Å². The van der Waals surface area contributed by atoms with Gasteiger partial charge in [-0.2, -0.15) is 10.2 Å². The second-order valence-corrected chi connectivity index (χ2v) is 4.14. The van der Waals surface area contributed by atoms with E-state index in [0.717, 1.165) is 17.0 Å². The Bertz CT molecular complexity index is 602. The number of hydrazone groups is 1. The minimum atomic E-state index is -0.350. The zero-order valence-electron chi connectivity index (χ0n) is 11.4. The van der Waals surface area contributed by atoms with E-state index in [4.69, 9.17) is 4.74 Å². The average molecular weight is 272 g/mol. The molecule has 20 heavy (non-hydrogen) atoms. The minimum Gasteiger partial charge on any atom is -0.494 e. The molecular formula is C14H16N4O2. The highest BCUT2D eigenvalue weighted by molar-refractivity contribution is 5.93. The number of carbonyl (C=O) groups excluding carboxylic acids is 1. The molecule has 1 heterocycles. The Morgan fingerprint density at radius 1 is 1.45 bits per heavy atom. The van der Waals surface area contributed by atoms with Gasteiger partial charge in [0.25, 0.3) is 5.91 Å². The fourth-order valence-corrected chi connectivity index (χ4v) is 1.57. The fourth-order valence-electron chi connectivity index (χ4n) is 1.57. The largest absolute Gasteiger partial charge is 0.494 e. The van der Waals surface area contributed by atoms with Crippen LogP contribution in [0.25, 0.3) is 0 Å². The third-order valence-corrected chi connectivity index (χ3v) is 2.51. The SMILES string of the molecule is CCOc1ccc(/C=N\NC(=O)c2cc(C)[nH]n2)cc1. The van der Waals surface area contributed by atoms with Crippen molar-refractivity contribution in [2.75, 3.05) is 6.61 Å². The summed E-state index contributed by atoms with van der Waals surface area (Å²) in [6, 6.07) is 9.08. The molecule has 0 atom stereocenters. The van der Waals surface area contributed by atoms with E-state index in [-0.39, 0.29) is 5.91 Å². The first-order chi connectivity index (χ1) is 9.69. The Morgan fingerprint density at radius 3 is 2.80 bits per heavy atom. The maximum absolute atomic E-state index is 11.7. The number of rotatable bonds is 5. The predicted molar refractivity (Wildman–Crippen MR) is 76.0 cm³/mol. The molecule has 6 nitrogen and oxygen atoms in total. The molecule has 6 heteroatoms. The Labute approximate surface area is 116 Å². The maximum atomic E-state index is 11.7. The number of H-pyrrole nitrogens is 1.